The minimum absolute atomic E-state index is 0.0560. The molecule has 1 atom stereocenters. The normalized spacial score (nSPS) is 19.0. The zero-order valence-electron chi connectivity index (χ0n) is 15.9. The fraction of sp³-hybridized carbons (Fsp3) is 0.286. The summed E-state index contributed by atoms with van der Waals surface area (Å²) in [5, 5.41) is 4.09. The monoisotopic (exact) mass is 407 g/mol. The van der Waals surface area contributed by atoms with Crippen molar-refractivity contribution in [3.63, 3.8) is 0 Å². The molecule has 0 spiro atoms. The molecule has 6 rings (SSSR count). The number of nitrogens with zero attached hydrogens (tertiary/aromatic N) is 3. The van der Waals surface area contributed by atoms with Crippen molar-refractivity contribution in [2.24, 2.45) is 0 Å². The molecule has 3 aromatic rings. The van der Waals surface area contributed by atoms with E-state index in [0.717, 1.165) is 16.9 Å². The number of hydrogen-bond acceptors (Lipinski definition) is 8. The number of hydrogen-bond donors (Lipinski definition) is 0. The molecule has 30 heavy (non-hydrogen) atoms. The Morgan fingerprint density at radius 3 is 2.50 bits per heavy atom. The van der Waals surface area contributed by atoms with Gasteiger partial charge in [-0.05, 0) is 35.9 Å². The van der Waals surface area contributed by atoms with Gasteiger partial charge in [-0.1, -0.05) is 11.2 Å². The number of likely N-dealkylation sites (tertiary alicyclic amines) is 1. The Morgan fingerprint density at radius 1 is 0.933 bits per heavy atom. The van der Waals surface area contributed by atoms with Crippen LogP contribution in [0, 0.1) is 0 Å². The lowest BCUT2D eigenvalue weighted by molar-refractivity contribution is -0.128. The average Bonchev–Trinajstić information content (AvgIpc) is 3.54. The molecule has 3 aliphatic heterocycles. The van der Waals surface area contributed by atoms with Gasteiger partial charge in [-0.2, -0.15) is 4.98 Å². The van der Waals surface area contributed by atoms with Crippen LogP contribution in [-0.2, 0) is 11.3 Å². The van der Waals surface area contributed by atoms with Gasteiger partial charge in [-0.15, -0.1) is 0 Å². The maximum atomic E-state index is 12.6. The number of carbonyl (C=O) groups excluding carboxylic acids is 1. The molecule has 1 amide bonds. The van der Waals surface area contributed by atoms with Crippen LogP contribution in [0.4, 0.5) is 0 Å². The Morgan fingerprint density at radius 2 is 1.67 bits per heavy atom. The van der Waals surface area contributed by atoms with E-state index in [-0.39, 0.29) is 25.4 Å². The van der Waals surface area contributed by atoms with E-state index in [9.17, 15) is 4.79 Å². The second kappa shape index (κ2) is 6.65. The van der Waals surface area contributed by atoms with Crippen LogP contribution in [0.2, 0.25) is 0 Å². The summed E-state index contributed by atoms with van der Waals surface area (Å²) in [6.45, 7) is 1.46. The summed E-state index contributed by atoms with van der Waals surface area (Å²) in [4.78, 5) is 18.9. The maximum absolute atomic E-state index is 12.6. The first kappa shape index (κ1) is 17.1. The van der Waals surface area contributed by atoms with E-state index in [0.29, 0.717) is 48.5 Å². The SMILES string of the molecule is O=C1CC(c2nc(-c3ccc4c(c3)OCO4)no2)CN1Cc1ccc2c(c1)OCO2. The van der Waals surface area contributed by atoms with E-state index in [1.807, 2.05) is 36.4 Å². The summed E-state index contributed by atoms with van der Waals surface area (Å²) >= 11 is 0. The van der Waals surface area contributed by atoms with Gasteiger partial charge in [0.05, 0.1) is 5.92 Å². The van der Waals surface area contributed by atoms with E-state index in [4.69, 9.17) is 23.5 Å². The lowest BCUT2D eigenvalue weighted by Crippen LogP contribution is -2.24. The van der Waals surface area contributed by atoms with Crippen LogP contribution < -0.4 is 18.9 Å². The number of carbonyl (C=O) groups is 1. The molecule has 0 bridgehead atoms. The van der Waals surface area contributed by atoms with Crippen LogP contribution in [-0.4, -0.2) is 41.1 Å². The lowest BCUT2D eigenvalue weighted by atomic mass is 10.1. The molecule has 0 N–H and O–H groups in total. The number of ether oxygens (including phenoxy) is 4. The summed E-state index contributed by atoms with van der Waals surface area (Å²) in [5.41, 5.74) is 1.76. The van der Waals surface area contributed by atoms with Crippen molar-refractivity contribution in [1.29, 1.82) is 0 Å². The maximum Gasteiger partial charge on any atom is 0.232 e. The van der Waals surface area contributed by atoms with Crippen LogP contribution in [0.1, 0.15) is 23.8 Å². The van der Waals surface area contributed by atoms with Crippen LogP contribution in [0.5, 0.6) is 23.0 Å². The minimum Gasteiger partial charge on any atom is -0.454 e. The molecule has 1 aromatic heterocycles. The van der Waals surface area contributed by atoms with E-state index >= 15 is 0 Å². The van der Waals surface area contributed by atoms with Gasteiger partial charge in [0.25, 0.3) is 0 Å². The van der Waals surface area contributed by atoms with E-state index < -0.39 is 0 Å². The Balaban J connectivity index is 1.17. The van der Waals surface area contributed by atoms with Crippen molar-refractivity contribution in [2.45, 2.75) is 18.9 Å². The van der Waals surface area contributed by atoms with Crippen molar-refractivity contribution in [2.75, 3.05) is 20.1 Å². The standard InChI is InChI=1S/C21H17N3O6/c25-19-7-14(9-24(19)8-12-1-3-15-17(5-12)28-10-26-15)21-22-20(23-30-21)13-2-4-16-18(6-13)29-11-27-16/h1-6,14H,7-11H2. The zero-order chi connectivity index (χ0) is 20.1. The van der Waals surface area contributed by atoms with Crippen LogP contribution >= 0.6 is 0 Å². The van der Waals surface area contributed by atoms with Crippen molar-refractivity contribution >= 4 is 5.91 Å². The summed E-state index contributed by atoms with van der Waals surface area (Å²) in [7, 11) is 0. The molecule has 9 nitrogen and oxygen atoms in total. The largest absolute Gasteiger partial charge is 0.454 e. The number of amides is 1. The van der Waals surface area contributed by atoms with Crippen molar-refractivity contribution in [1.82, 2.24) is 15.0 Å². The third-order valence-corrected chi connectivity index (χ3v) is 5.45. The Labute approximate surface area is 171 Å². The smallest absolute Gasteiger partial charge is 0.232 e. The van der Waals surface area contributed by atoms with Gasteiger partial charge < -0.3 is 28.4 Å². The fourth-order valence-electron chi connectivity index (χ4n) is 3.90. The second-order valence-electron chi connectivity index (χ2n) is 7.39. The van der Waals surface area contributed by atoms with Crippen LogP contribution in [0.15, 0.2) is 40.9 Å². The zero-order valence-corrected chi connectivity index (χ0v) is 15.9. The molecular weight excluding hydrogens is 390 g/mol. The van der Waals surface area contributed by atoms with E-state index in [1.165, 1.54) is 0 Å². The first-order chi connectivity index (χ1) is 14.7. The molecule has 1 saturated heterocycles. The highest BCUT2D eigenvalue weighted by Crippen LogP contribution is 2.37. The number of fused-ring (bicyclic) bond motifs is 2. The first-order valence-electron chi connectivity index (χ1n) is 9.63. The van der Waals surface area contributed by atoms with Gasteiger partial charge in [0.2, 0.25) is 31.2 Å². The highest BCUT2D eigenvalue weighted by atomic mass is 16.7. The van der Waals surface area contributed by atoms with Gasteiger partial charge in [-0.3, -0.25) is 4.79 Å². The second-order valence-corrected chi connectivity index (χ2v) is 7.39. The fourth-order valence-corrected chi connectivity index (χ4v) is 3.90. The molecule has 9 heteroatoms. The molecule has 2 aromatic carbocycles. The summed E-state index contributed by atoms with van der Waals surface area (Å²) in [6, 6.07) is 11.2. The first-order valence-corrected chi connectivity index (χ1v) is 9.63. The molecule has 152 valence electrons. The molecule has 0 aliphatic carbocycles. The van der Waals surface area contributed by atoms with Crippen molar-refractivity contribution < 1.29 is 28.3 Å². The van der Waals surface area contributed by atoms with Gasteiger partial charge in [0.15, 0.2) is 23.0 Å². The van der Waals surface area contributed by atoms with E-state index in [2.05, 4.69) is 10.1 Å². The number of rotatable bonds is 4. The van der Waals surface area contributed by atoms with Crippen LogP contribution in [0.3, 0.4) is 0 Å². The topological polar surface area (TPSA) is 96.2 Å². The highest BCUT2D eigenvalue weighted by Gasteiger charge is 2.34. The van der Waals surface area contributed by atoms with Gasteiger partial charge in [0.1, 0.15) is 0 Å². The molecule has 1 unspecified atom stereocenters. The van der Waals surface area contributed by atoms with Gasteiger partial charge in [0, 0.05) is 25.1 Å². The number of benzene rings is 2. The van der Waals surface area contributed by atoms with Crippen LogP contribution in [0.25, 0.3) is 11.4 Å². The third-order valence-electron chi connectivity index (χ3n) is 5.45. The highest BCUT2D eigenvalue weighted by molar-refractivity contribution is 5.79. The minimum atomic E-state index is -0.137. The predicted molar refractivity (Wildman–Crippen MR) is 101 cm³/mol. The van der Waals surface area contributed by atoms with Crippen molar-refractivity contribution in [3.05, 3.63) is 47.9 Å². The summed E-state index contributed by atoms with van der Waals surface area (Å²) in [6.07, 6.45) is 0.341. The summed E-state index contributed by atoms with van der Waals surface area (Å²) < 4.78 is 27.0. The van der Waals surface area contributed by atoms with Gasteiger partial charge in [-0.25, -0.2) is 0 Å². The molecule has 0 saturated carbocycles. The Hall–Kier alpha value is -3.75. The average molecular weight is 407 g/mol. The molecule has 4 heterocycles. The lowest BCUT2D eigenvalue weighted by Gasteiger charge is -2.16. The Kier molecular flexibility index (Phi) is 3.80. The quantitative estimate of drug-likeness (QED) is 0.651. The third kappa shape index (κ3) is 2.90. The molecule has 3 aliphatic rings. The molecule has 0 radical (unpaired) electrons. The Bertz CT molecular complexity index is 1140. The van der Waals surface area contributed by atoms with Crippen molar-refractivity contribution in [3.8, 4) is 34.4 Å². The molecule has 1 fully saturated rings. The predicted octanol–water partition coefficient (Wildman–Crippen LogP) is 2.71. The molecular formula is C21H17N3O6. The number of aromatic nitrogens is 2. The summed E-state index contributed by atoms with van der Waals surface area (Å²) in [5.74, 6) is 3.64. The van der Waals surface area contributed by atoms with E-state index in [1.54, 1.807) is 4.90 Å². The van der Waals surface area contributed by atoms with Gasteiger partial charge >= 0.3 is 0 Å².